The first kappa shape index (κ1) is 32.8. The number of para-hydroxylation sites is 2. The second-order valence-electron chi connectivity index (χ2n) is 14.0. The second-order valence-corrected chi connectivity index (χ2v) is 15.1. The van der Waals surface area contributed by atoms with E-state index in [1.807, 2.05) is 46.2 Å². The second kappa shape index (κ2) is 12.7. The predicted octanol–water partition coefficient (Wildman–Crippen LogP) is 11.3. The fourth-order valence-corrected chi connectivity index (χ4v) is 9.23. The third-order valence-electron chi connectivity index (χ3n) is 10.7. The van der Waals surface area contributed by atoms with E-state index in [9.17, 15) is 0 Å². The lowest BCUT2D eigenvalue weighted by Gasteiger charge is -2.31. The summed E-state index contributed by atoms with van der Waals surface area (Å²) in [4.78, 5) is 4.86. The van der Waals surface area contributed by atoms with E-state index in [0.29, 0.717) is 5.82 Å². The van der Waals surface area contributed by atoms with Crippen LogP contribution in [0.1, 0.15) is 5.82 Å². The summed E-state index contributed by atoms with van der Waals surface area (Å²) in [5, 5.41) is 5.66. The Bertz CT molecular complexity index is 3070. The molecule has 0 aliphatic carbocycles. The van der Waals surface area contributed by atoms with Gasteiger partial charge in [0.15, 0.2) is 0 Å². The molecule has 8 radical (unpaired) electrons. The van der Waals surface area contributed by atoms with Crippen LogP contribution in [0.25, 0.3) is 91.8 Å². The SMILES string of the molecule is [B]C([B])C([B])([B])c1nc2ccccc2n1-c1cccc(-c2c3ccccc3c(-c3cccc4sc5ccccc5c34)c3cc(-c4ccccc4)ccc23)c1. The summed E-state index contributed by atoms with van der Waals surface area (Å²) < 4.78 is 4.55. The number of imidazole rings is 1. The molecule has 0 amide bonds. The zero-order valence-corrected chi connectivity index (χ0v) is 30.1. The third-order valence-corrected chi connectivity index (χ3v) is 11.8. The van der Waals surface area contributed by atoms with E-state index in [1.165, 1.54) is 47.6 Å². The summed E-state index contributed by atoms with van der Waals surface area (Å²) in [7, 11) is 25.6. The van der Waals surface area contributed by atoms with Crippen molar-refractivity contribution in [1.82, 2.24) is 9.55 Å². The topological polar surface area (TPSA) is 17.8 Å². The molecule has 10 aromatic rings. The van der Waals surface area contributed by atoms with Crippen LogP contribution in [0.15, 0.2) is 164 Å². The maximum Gasteiger partial charge on any atom is 0.102 e. The van der Waals surface area contributed by atoms with Crippen LogP contribution in [0, 0.1) is 0 Å². The van der Waals surface area contributed by atoms with Crippen LogP contribution in [-0.4, -0.2) is 40.9 Å². The average Bonchev–Trinajstić information content (AvgIpc) is 3.80. The Morgan fingerprint density at radius 3 is 1.98 bits per heavy atom. The van der Waals surface area contributed by atoms with Crippen molar-refractivity contribution in [2.45, 2.75) is 10.9 Å². The lowest BCUT2D eigenvalue weighted by Crippen LogP contribution is -2.36. The van der Waals surface area contributed by atoms with E-state index in [2.05, 4.69) is 133 Å². The minimum Gasteiger partial charge on any atom is -0.297 e. The molecule has 0 saturated heterocycles. The largest absolute Gasteiger partial charge is 0.297 e. The standard InChI is InChI=1S/C47H28B4N2S/c48-45(49)47(50,51)46-52-38-20-7-8-21-39(38)53(46)31-15-10-14-30(26-31)42-32-16-4-5-17-33(32)43(37-27-29(24-25-34(37)42)28-12-2-1-3-13-28)36-19-11-23-41-44(36)35-18-6-9-22-40(35)54-41/h1-27,45H. The summed E-state index contributed by atoms with van der Waals surface area (Å²) in [5.41, 5.74) is 8.40. The number of nitrogens with zero attached hydrogens (tertiary/aromatic N) is 2. The Labute approximate surface area is 323 Å². The van der Waals surface area contributed by atoms with Crippen LogP contribution < -0.4 is 0 Å². The van der Waals surface area contributed by atoms with Crippen LogP contribution >= 0.6 is 11.3 Å². The minimum absolute atomic E-state index is 0.393. The highest BCUT2D eigenvalue weighted by Crippen LogP contribution is 2.49. The molecule has 0 aliphatic heterocycles. The number of hydrogen-bond acceptors (Lipinski definition) is 2. The Morgan fingerprint density at radius 2 is 1.17 bits per heavy atom. The molecule has 0 atom stereocenters. The highest BCUT2D eigenvalue weighted by molar-refractivity contribution is 7.26. The van der Waals surface area contributed by atoms with Gasteiger partial charge in [0.25, 0.3) is 0 Å². The molecule has 0 aliphatic rings. The highest BCUT2D eigenvalue weighted by Gasteiger charge is 2.30. The van der Waals surface area contributed by atoms with Gasteiger partial charge in [-0.15, -0.1) is 17.1 Å². The zero-order chi connectivity index (χ0) is 36.6. The number of hydrogen-bond donors (Lipinski definition) is 0. The Hall–Kier alpha value is -5.77. The van der Waals surface area contributed by atoms with Gasteiger partial charge in [-0.2, -0.15) is 0 Å². The first-order chi connectivity index (χ1) is 26.4. The molecule has 0 fully saturated rings. The first-order valence-electron chi connectivity index (χ1n) is 18.0. The fourth-order valence-electron chi connectivity index (χ4n) is 8.10. The van der Waals surface area contributed by atoms with Gasteiger partial charge in [-0.1, -0.05) is 127 Å². The number of aromatic nitrogens is 2. The lowest BCUT2D eigenvalue weighted by atomic mass is 9.38. The Kier molecular flexibility index (Phi) is 7.71. The highest BCUT2D eigenvalue weighted by atomic mass is 32.1. The number of rotatable bonds is 6. The van der Waals surface area contributed by atoms with E-state index in [4.69, 9.17) is 36.4 Å². The molecule has 0 bridgehead atoms. The van der Waals surface area contributed by atoms with Gasteiger partial charge in [0.05, 0.1) is 42.4 Å². The molecule has 2 nitrogen and oxygen atoms in total. The summed E-state index contributed by atoms with van der Waals surface area (Å²) in [6.07, 6.45) is 0. The van der Waals surface area contributed by atoms with Crippen LogP contribution in [0.3, 0.4) is 0 Å². The molecular formula is C47H28B4N2S. The van der Waals surface area contributed by atoms with E-state index >= 15 is 0 Å². The van der Waals surface area contributed by atoms with Crippen LogP contribution in [0.4, 0.5) is 0 Å². The van der Waals surface area contributed by atoms with Crippen molar-refractivity contribution in [3.63, 3.8) is 0 Å². The van der Waals surface area contributed by atoms with E-state index < -0.39 is 10.9 Å². The molecule has 2 heterocycles. The van der Waals surface area contributed by atoms with Gasteiger partial charge in [0.2, 0.25) is 0 Å². The van der Waals surface area contributed by atoms with Crippen molar-refractivity contribution in [2.75, 3.05) is 0 Å². The van der Waals surface area contributed by atoms with Crippen molar-refractivity contribution in [3.05, 3.63) is 170 Å². The van der Waals surface area contributed by atoms with Gasteiger partial charge in [-0.3, -0.25) is 4.57 Å². The van der Waals surface area contributed by atoms with Crippen LogP contribution in [0.5, 0.6) is 0 Å². The minimum atomic E-state index is -1.59. The van der Waals surface area contributed by atoms with Gasteiger partial charge < -0.3 is 0 Å². The maximum atomic E-state index is 6.63. The normalized spacial score (nSPS) is 12.2. The van der Waals surface area contributed by atoms with Crippen molar-refractivity contribution < 1.29 is 0 Å². The molecule has 7 heteroatoms. The number of fused-ring (bicyclic) bond motifs is 6. The Morgan fingerprint density at radius 1 is 0.519 bits per heavy atom. The van der Waals surface area contributed by atoms with Crippen molar-refractivity contribution in [3.8, 4) is 39.1 Å². The van der Waals surface area contributed by atoms with Gasteiger partial charge in [0, 0.05) is 25.9 Å². The fraction of sp³-hybridized carbons (Fsp3) is 0.0426. The molecule has 0 saturated carbocycles. The smallest absolute Gasteiger partial charge is 0.102 e. The van der Waals surface area contributed by atoms with E-state index in [1.54, 1.807) is 0 Å². The maximum absolute atomic E-state index is 6.63. The first-order valence-corrected chi connectivity index (χ1v) is 18.8. The van der Waals surface area contributed by atoms with Gasteiger partial charge in [-0.25, -0.2) is 4.98 Å². The molecule has 2 aromatic heterocycles. The molecular weight excluding hydrogens is 668 g/mol. The summed E-state index contributed by atoms with van der Waals surface area (Å²) >= 11 is 1.85. The van der Waals surface area contributed by atoms with Gasteiger partial charge >= 0.3 is 0 Å². The van der Waals surface area contributed by atoms with Crippen molar-refractivity contribution in [1.29, 1.82) is 0 Å². The predicted molar refractivity (Wildman–Crippen MR) is 234 cm³/mol. The molecule has 244 valence electrons. The molecule has 10 rings (SSSR count). The third kappa shape index (κ3) is 5.10. The van der Waals surface area contributed by atoms with Crippen LogP contribution in [0.2, 0.25) is 5.72 Å². The molecule has 0 spiro atoms. The van der Waals surface area contributed by atoms with Crippen molar-refractivity contribution in [2.24, 2.45) is 0 Å². The number of thiophene rings is 1. The van der Waals surface area contributed by atoms with Gasteiger partial charge in [-0.05, 0) is 97.4 Å². The van der Waals surface area contributed by atoms with Crippen LogP contribution in [-0.2, 0) is 5.21 Å². The average molecular weight is 696 g/mol. The summed E-state index contributed by atoms with van der Waals surface area (Å²) in [6.45, 7) is 0. The van der Waals surface area contributed by atoms with Gasteiger partial charge in [0.1, 0.15) is 5.82 Å². The molecule has 0 N–H and O–H groups in total. The zero-order valence-electron chi connectivity index (χ0n) is 29.3. The van der Waals surface area contributed by atoms with E-state index in [0.717, 1.165) is 44.2 Å². The molecule has 54 heavy (non-hydrogen) atoms. The molecule has 8 aromatic carbocycles. The Balaban J connectivity index is 1.30. The monoisotopic (exact) mass is 696 g/mol. The van der Waals surface area contributed by atoms with E-state index in [-0.39, 0.29) is 0 Å². The molecule has 0 unspecified atom stereocenters. The number of benzene rings is 8. The quantitative estimate of drug-likeness (QED) is 0.125. The lowest BCUT2D eigenvalue weighted by molar-refractivity contribution is 0.792. The summed E-state index contributed by atoms with van der Waals surface area (Å²) in [5.74, 6) is 0.393. The summed E-state index contributed by atoms with van der Waals surface area (Å²) in [6, 6.07) is 58.1. The van der Waals surface area contributed by atoms with Crippen molar-refractivity contribution >= 4 is 95.5 Å².